The number of aromatic amines is 1. The molecule has 0 amide bonds. The maximum atomic E-state index is 13.9. The highest BCUT2D eigenvalue weighted by atomic mass is 19.1. The van der Waals surface area contributed by atoms with Gasteiger partial charge in [0.15, 0.2) is 0 Å². The van der Waals surface area contributed by atoms with Crippen LogP contribution in [0.3, 0.4) is 0 Å². The van der Waals surface area contributed by atoms with Crippen LogP contribution in [0, 0.1) is 11.7 Å². The number of aromatic nitrogens is 2. The van der Waals surface area contributed by atoms with E-state index in [0.717, 1.165) is 23.2 Å². The first-order valence-corrected chi connectivity index (χ1v) is 9.18. The van der Waals surface area contributed by atoms with Crippen molar-refractivity contribution in [3.63, 3.8) is 0 Å². The molecular weight excluding hydrogens is 359 g/mol. The Labute approximate surface area is 164 Å². The van der Waals surface area contributed by atoms with E-state index in [9.17, 15) is 4.39 Å². The molecule has 1 heterocycles. The van der Waals surface area contributed by atoms with Crippen molar-refractivity contribution in [3.8, 4) is 22.9 Å². The molecule has 3 aromatic rings. The highest BCUT2D eigenvalue weighted by Gasteiger charge is 2.11. The summed E-state index contributed by atoms with van der Waals surface area (Å²) in [6.07, 6.45) is 0.836. The monoisotopic (exact) mass is 384 g/mol. The Hall–Kier alpha value is -2.86. The minimum Gasteiger partial charge on any atom is -0.489 e. The maximum absolute atomic E-state index is 13.9. The molecule has 0 fully saturated rings. The smallest absolute Gasteiger partial charge is 0.232 e. The summed E-state index contributed by atoms with van der Waals surface area (Å²) in [4.78, 5) is 0. The van der Waals surface area contributed by atoms with Crippen LogP contribution in [0.1, 0.15) is 18.1 Å². The van der Waals surface area contributed by atoms with E-state index in [2.05, 4.69) is 23.2 Å². The molecule has 0 aliphatic carbocycles. The van der Waals surface area contributed by atoms with Crippen LogP contribution in [0.15, 0.2) is 48.5 Å². The van der Waals surface area contributed by atoms with E-state index in [1.807, 2.05) is 18.2 Å². The summed E-state index contributed by atoms with van der Waals surface area (Å²) in [5.41, 5.74) is 3.39. The third kappa shape index (κ3) is 5.10. The number of halogens is 1. The molecule has 0 bridgehead atoms. The highest BCUT2D eigenvalue weighted by Crippen LogP contribution is 2.28. The number of rotatable bonds is 9. The molecule has 148 valence electrons. The Morgan fingerprint density at radius 2 is 1.93 bits per heavy atom. The second-order valence-corrected chi connectivity index (χ2v) is 6.83. The first-order chi connectivity index (χ1) is 13.6. The summed E-state index contributed by atoms with van der Waals surface area (Å²) in [7, 11) is 3.28. The first-order valence-electron chi connectivity index (χ1n) is 9.18. The second kappa shape index (κ2) is 9.37. The molecule has 0 saturated carbocycles. The molecule has 0 saturated heterocycles. The Balaban J connectivity index is 1.86. The fourth-order valence-corrected chi connectivity index (χ4v) is 3.10. The zero-order valence-corrected chi connectivity index (χ0v) is 16.4. The summed E-state index contributed by atoms with van der Waals surface area (Å²) >= 11 is 0. The van der Waals surface area contributed by atoms with Crippen LogP contribution in [0.2, 0.25) is 0 Å². The normalized spacial score (nSPS) is 12.0. The van der Waals surface area contributed by atoms with E-state index in [1.165, 1.54) is 6.07 Å². The summed E-state index contributed by atoms with van der Waals surface area (Å²) < 4.78 is 30.2. The number of nitrogens with one attached hydrogen (secondary N) is 1. The van der Waals surface area contributed by atoms with Gasteiger partial charge in [-0.3, -0.25) is 5.10 Å². The molecule has 5 nitrogen and oxygen atoms in total. The molecule has 0 spiro atoms. The van der Waals surface area contributed by atoms with Gasteiger partial charge in [-0.2, -0.15) is 0 Å². The Bertz CT molecular complexity index is 910. The quantitative estimate of drug-likeness (QED) is 0.584. The van der Waals surface area contributed by atoms with Gasteiger partial charge in [0.05, 0.1) is 12.8 Å². The van der Waals surface area contributed by atoms with Gasteiger partial charge in [0.1, 0.15) is 18.2 Å². The molecule has 1 atom stereocenters. The SMILES string of the molecule is COC[C@H](C)Cc1cc(OCc2ccccc2F)cc(-c2cc(OC)n[nH]2)c1. The average molecular weight is 384 g/mol. The first kappa shape index (κ1) is 19.9. The lowest BCUT2D eigenvalue weighted by Crippen LogP contribution is -2.07. The molecule has 1 N–H and O–H groups in total. The Morgan fingerprint density at radius 1 is 1.11 bits per heavy atom. The highest BCUT2D eigenvalue weighted by molar-refractivity contribution is 5.63. The van der Waals surface area contributed by atoms with Gasteiger partial charge in [-0.25, -0.2) is 4.39 Å². The summed E-state index contributed by atoms with van der Waals surface area (Å²) in [5.74, 6) is 1.28. The third-order valence-electron chi connectivity index (χ3n) is 4.43. The molecule has 1 aromatic heterocycles. The molecule has 28 heavy (non-hydrogen) atoms. The van der Waals surface area contributed by atoms with Crippen molar-refractivity contribution in [2.45, 2.75) is 20.0 Å². The molecular formula is C22H25FN2O3. The van der Waals surface area contributed by atoms with E-state index < -0.39 is 0 Å². The number of H-pyrrole nitrogens is 1. The van der Waals surface area contributed by atoms with E-state index in [4.69, 9.17) is 14.2 Å². The standard InChI is InChI=1S/C22H25FN2O3/c1-15(13-26-2)8-16-9-18(21-12-22(27-3)25-24-21)11-19(10-16)28-14-17-6-4-5-7-20(17)23/h4-7,9-12,15H,8,13-14H2,1-3H3,(H,24,25)/t15-/m1/s1. The average Bonchev–Trinajstić information content (AvgIpc) is 3.17. The number of methoxy groups -OCH3 is 2. The van der Waals surface area contributed by atoms with Gasteiger partial charge in [-0.15, -0.1) is 5.10 Å². The lowest BCUT2D eigenvalue weighted by molar-refractivity contribution is 0.159. The number of ether oxygens (including phenoxy) is 3. The zero-order chi connectivity index (χ0) is 19.9. The number of hydrogen-bond acceptors (Lipinski definition) is 4. The van der Waals surface area contributed by atoms with Crippen molar-refractivity contribution in [2.75, 3.05) is 20.8 Å². The largest absolute Gasteiger partial charge is 0.489 e. The van der Waals surface area contributed by atoms with Crippen LogP contribution >= 0.6 is 0 Å². The van der Waals surface area contributed by atoms with Crippen LogP contribution in [0.5, 0.6) is 11.6 Å². The Kier molecular flexibility index (Phi) is 6.66. The van der Waals surface area contributed by atoms with Gasteiger partial charge in [0.25, 0.3) is 0 Å². The predicted molar refractivity (Wildman–Crippen MR) is 106 cm³/mol. The number of benzene rings is 2. The van der Waals surface area contributed by atoms with E-state index in [1.54, 1.807) is 32.4 Å². The summed E-state index contributed by atoms with van der Waals surface area (Å²) in [6, 6.07) is 14.5. The third-order valence-corrected chi connectivity index (χ3v) is 4.43. The second-order valence-electron chi connectivity index (χ2n) is 6.83. The van der Waals surface area contributed by atoms with Crippen molar-refractivity contribution in [1.82, 2.24) is 10.2 Å². The van der Waals surface area contributed by atoms with Gasteiger partial charge in [0, 0.05) is 30.9 Å². The molecule has 6 heteroatoms. The molecule has 0 radical (unpaired) electrons. The zero-order valence-electron chi connectivity index (χ0n) is 16.4. The number of hydrogen-bond donors (Lipinski definition) is 1. The van der Waals surface area contributed by atoms with Gasteiger partial charge >= 0.3 is 0 Å². The van der Waals surface area contributed by atoms with Crippen LogP contribution in [0.4, 0.5) is 4.39 Å². The van der Waals surface area contributed by atoms with Crippen molar-refractivity contribution >= 4 is 0 Å². The van der Waals surface area contributed by atoms with Crippen molar-refractivity contribution in [1.29, 1.82) is 0 Å². The van der Waals surface area contributed by atoms with Gasteiger partial charge in [-0.05, 0) is 42.2 Å². The van der Waals surface area contributed by atoms with E-state index in [-0.39, 0.29) is 12.4 Å². The van der Waals surface area contributed by atoms with Crippen LogP contribution in [-0.4, -0.2) is 31.0 Å². The summed E-state index contributed by atoms with van der Waals surface area (Å²) in [6.45, 7) is 2.97. The van der Waals surface area contributed by atoms with Gasteiger partial charge in [0.2, 0.25) is 5.88 Å². The fourth-order valence-electron chi connectivity index (χ4n) is 3.10. The molecule has 0 unspecified atom stereocenters. The van der Waals surface area contributed by atoms with Crippen LogP contribution in [0.25, 0.3) is 11.3 Å². The number of nitrogens with zero attached hydrogens (tertiary/aromatic N) is 1. The predicted octanol–water partition coefficient (Wildman–Crippen LogP) is 4.63. The minimum atomic E-state index is -0.272. The molecule has 3 rings (SSSR count). The van der Waals surface area contributed by atoms with Gasteiger partial charge in [-0.1, -0.05) is 25.1 Å². The summed E-state index contributed by atoms with van der Waals surface area (Å²) in [5, 5.41) is 7.08. The van der Waals surface area contributed by atoms with E-state index >= 15 is 0 Å². The van der Waals surface area contributed by atoms with Gasteiger partial charge < -0.3 is 14.2 Å². The lowest BCUT2D eigenvalue weighted by atomic mass is 9.98. The molecule has 0 aliphatic heterocycles. The van der Waals surface area contributed by atoms with E-state index in [0.29, 0.717) is 29.7 Å². The minimum absolute atomic E-state index is 0.162. The van der Waals surface area contributed by atoms with Crippen molar-refractivity contribution < 1.29 is 18.6 Å². The van der Waals surface area contributed by atoms with Crippen molar-refractivity contribution in [3.05, 3.63) is 65.5 Å². The topological polar surface area (TPSA) is 56.4 Å². The Morgan fingerprint density at radius 3 is 2.64 bits per heavy atom. The lowest BCUT2D eigenvalue weighted by Gasteiger charge is -2.14. The van der Waals surface area contributed by atoms with Crippen molar-refractivity contribution in [2.24, 2.45) is 5.92 Å². The van der Waals surface area contributed by atoms with Crippen LogP contribution in [-0.2, 0) is 17.8 Å². The molecule has 0 aliphatic rings. The maximum Gasteiger partial charge on any atom is 0.232 e. The van der Waals surface area contributed by atoms with Crippen LogP contribution < -0.4 is 9.47 Å². The fraction of sp³-hybridized carbons (Fsp3) is 0.318. The molecule has 2 aromatic carbocycles.